The third kappa shape index (κ3) is 8.81. The highest BCUT2D eigenvalue weighted by atomic mass is 32.2. The molecule has 0 spiro atoms. The summed E-state index contributed by atoms with van der Waals surface area (Å²) in [5, 5.41) is 8.22. The number of rotatable bonds is 10. The number of amides is 3. The van der Waals surface area contributed by atoms with Gasteiger partial charge < -0.3 is 16.0 Å². The molecular formula is C38H33N3O3S. The van der Waals surface area contributed by atoms with Gasteiger partial charge in [-0.15, -0.1) is 11.8 Å². The van der Waals surface area contributed by atoms with Crippen molar-refractivity contribution in [1.29, 1.82) is 0 Å². The van der Waals surface area contributed by atoms with E-state index in [9.17, 15) is 14.4 Å². The third-order valence-corrected chi connectivity index (χ3v) is 8.06. The van der Waals surface area contributed by atoms with Gasteiger partial charge >= 0.3 is 0 Å². The van der Waals surface area contributed by atoms with Crippen LogP contribution in [0.1, 0.15) is 37.9 Å². The fraction of sp³-hybridized carbons (Fsp3) is 0.0789. The van der Waals surface area contributed by atoms with Gasteiger partial charge in [-0.05, 0) is 84.6 Å². The Kier molecular flexibility index (Phi) is 10.2. The van der Waals surface area contributed by atoms with Crippen LogP contribution in [0.15, 0.2) is 144 Å². The van der Waals surface area contributed by atoms with Gasteiger partial charge in [-0.3, -0.25) is 14.4 Å². The normalized spacial score (nSPS) is 11.7. The number of nitrogens with one attached hydrogen (secondary N) is 3. The molecule has 3 N–H and O–H groups in total. The molecule has 3 amide bonds. The van der Waals surface area contributed by atoms with E-state index in [0.29, 0.717) is 11.3 Å². The third-order valence-electron chi connectivity index (χ3n) is 6.81. The van der Waals surface area contributed by atoms with E-state index in [-0.39, 0.29) is 11.6 Å². The van der Waals surface area contributed by atoms with Gasteiger partial charge in [-0.1, -0.05) is 91.0 Å². The van der Waals surface area contributed by atoms with Crippen LogP contribution in [-0.4, -0.2) is 17.7 Å². The molecule has 45 heavy (non-hydrogen) atoms. The average molecular weight is 612 g/mol. The van der Waals surface area contributed by atoms with E-state index in [1.165, 1.54) is 11.8 Å². The van der Waals surface area contributed by atoms with Crippen molar-refractivity contribution in [2.75, 3.05) is 10.6 Å². The molecule has 5 aromatic rings. The van der Waals surface area contributed by atoms with Gasteiger partial charge in [0, 0.05) is 21.8 Å². The van der Waals surface area contributed by atoms with E-state index in [1.54, 1.807) is 36.4 Å². The van der Waals surface area contributed by atoms with Crippen molar-refractivity contribution in [3.05, 3.63) is 167 Å². The number of anilines is 2. The smallest absolute Gasteiger partial charge is 0.272 e. The largest absolute Gasteiger partial charge is 0.325 e. The van der Waals surface area contributed by atoms with Crippen molar-refractivity contribution >= 4 is 46.9 Å². The number of benzene rings is 5. The average Bonchev–Trinajstić information content (AvgIpc) is 3.04. The highest BCUT2D eigenvalue weighted by Gasteiger charge is 2.23. The molecule has 0 bridgehead atoms. The summed E-state index contributed by atoms with van der Waals surface area (Å²) < 4.78 is 0. The molecule has 0 aliphatic carbocycles. The van der Waals surface area contributed by atoms with Crippen LogP contribution in [0.2, 0.25) is 0 Å². The van der Waals surface area contributed by atoms with Gasteiger partial charge in [0.05, 0.1) is 0 Å². The Hall–Kier alpha value is -5.40. The van der Waals surface area contributed by atoms with Crippen molar-refractivity contribution in [2.24, 2.45) is 0 Å². The van der Waals surface area contributed by atoms with Crippen LogP contribution >= 0.6 is 11.8 Å². The first-order valence-corrected chi connectivity index (χ1v) is 15.4. The minimum Gasteiger partial charge on any atom is -0.325 e. The molecular weight excluding hydrogens is 579 g/mol. The number of thioether (sulfide) groups is 1. The summed E-state index contributed by atoms with van der Waals surface area (Å²) in [6.07, 6.45) is 1.64. The van der Waals surface area contributed by atoms with Gasteiger partial charge in [0.15, 0.2) is 0 Å². The predicted molar refractivity (Wildman–Crippen MR) is 183 cm³/mol. The maximum atomic E-state index is 13.6. The zero-order valence-electron chi connectivity index (χ0n) is 25.0. The van der Waals surface area contributed by atoms with E-state index in [0.717, 1.165) is 32.8 Å². The summed E-state index contributed by atoms with van der Waals surface area (Å²) in [7, 11) is 0. The second-order valence-electron chi connectivity index (χ2n) is 10.5. The molecule has 5 rings (SSSR count). The monoisotopic (exact) mass is 611 g/mol. The minimum atomic E-state index is -0.545. The topological polar surface area (TPSA) is 87.3 Å². The molecule has 6 nitrogen and oxygen atoms in total. The lowest BCUT2D eigenvalue weighted by atomic mass is 10.1. The highest BCUT2D eigenvalue weighted by molar-refractivity contribution is 8.00. The van der Waals surface area contributed by atoms with Gasteiger partial charge in [0.1, 0.15) is 10.9 Å². The quantitative estimate of drug-likeness (QED) is 0.110. The maximum absolute atomic E-state index is 13.6. The lowest BCUT2D eigenvalue weighted by molar-refractivity contribution is -0.116. The van der Waals surface area contributed by atoms with Crippen molar-refractivity contribution in [3.63, 3.8) is 0 Å². The molecule has 0 heterocycles. The lowest BCUT2D eigenvalue weighted by Crippen LogP contribution is -2.30. The standard InChI is InChI=1S/C38H33N3O3S/c1-26-21-27(2)23-32(22-26)40-38(44)35(29-15-8-4-9-16-29)45-33-20-12-19-31(25-33)39-37(43)34(24-28-13-6-3-7-14-28)41-36(42)30-17-10-5-11-18-30/h3-25,35H,1-2H3,(H,39,43)(H,40,44)(H,41,42)/b34-24-. The lowest BCUT2D eigenvalue weighted by Gasteiger charge is -2.18. The maximum Gasteiger partial charge on any atom is 0.272 e. The van der Waals surface area contributed by atoms with Gasteiger partial charge in [-0.2, -0.15) is 0 Å². The SMILES string of the molecule is Cc1cc(C)cc(NC(=O)C(Sc2cccc(NC(=O)/C(=C/c3ccccc3)NC(=O)c3ccccc3)c2)c2ccccc2)c1. The summed E-state index contributed by atoms with van der Waals surface area (Å²) >= 11 is 1.39. The molecule has 0 radical (unpaired) electrons. The highest BCUT2D eigenvalue weighted by Crippen LogP contribution is 2.37. The molecule has 5 aromatic carbocycles. The van der Waals surface area contributed by atoms with E-state index in [1.807, 2.05) is 111 Å². The Morgan fingerprint density at radius 3 is 1.93 bits per heavy atom. The second kappa shape index (κ2) is 14.9. The van der Waals surface area contributed by atoms with Crippen LogP contribution in [0.3, 0.4) is 0 Å². The Bertz CT molecular complexity index is 1800. The van der Waals surface area contributed by atoms with Crippen LogP contribution in [0.25, 0.3) is 6.08 Å². The molecule has 1 atom stereocenters. The van der Waals surface area contributed by atoms with Crippen molar-refractivity contribution in [1.82, 2.24) is 5.32 Å². The Labute approximate surface area is 267 Å². The number of carbonyl (C=O) groups excluding carboxylic acids is 3. The number of hydrogen-bond acceptors (Lipinski definition) is 4. The van der Waals surface area contributed by atoms with Crippen molar-refractivity contribution < 1.29 is 14.4 Å². The van der Waals surface area contributed by atoms with Crippen molar-refractivity contribution in [2.45, 2.75) is 24.0 Å². The van der Waals surface area contributed by atoms with Crippen molar-refractivity contribution in [3.8, 4) is 0 Å². The molecule has 7 heteroatoms. The summed E-state index contributed by atoms with van der Waals surface area (Å²) in [6, 6.07) is 40.9. The van der Waals surface area contributed by atoms with Crippen LogP contribution in [0.4, 0.5) is 11.4 Å². The zero-order valence-corrected chi connectivity index (χ0v) is 25.8. The molecule has 0 aliphatic heterocycles. The summed E-state index contributed by atoms with van der Waals surface area (Å²) in [5.41, 5.74) is 5.57. The Morgan fingerprint density at radius 2 is 1.27 bits per heavy atom. The van der Waals surface area contributed by atoms with E-state index in [2.05, 4.69) is 22.0 Å². The molecule has 0 fully saturated rings. The number of hydrogen-bond donors (Lipinski definition) is 3. The molecule has 0 saturated carbocycles. The predicted octanol–water partition coefficient (Wildman–Crippen LogP) is 8.19. The molecule has 224 valence electrons. The second-order valence-corrected chi connectivity index (χ2v) is 11.7. The summed E-state index contributed by atoms with van der Waals surface area (Å²) in [6.45, 7) is 4.00. The fourth-order valence-corrected chi connectivity index (χ4v) is 5.88. The molecule has 0 aliphatic rings. The first-order valence-electron chi connectivity index (χ1n) is 14.5. The number of aryl methyl sites for hydroxylation is 2. The first kappa shape index (κ1) is 31.0. The first-order chi connectivity index (χ1) is 21.8. The van der Waals surface area contributed by atoms with Crippen LogP contribution in [-0.2, 0) is 9.59 Å². The van der Waals surface area contributed by atoms with Crippen LogP contribution < -0.4 is 16.0 Å². The minimum absolute atomic E-state index is 0.100. The van der Waals surface area contributed by atoms with E-state index >= 15 is 0 Å². The van der Waals surface area contributed by atoms with Crippen LogP contribution in [0.5, 0.6) is 0 Å². The van der Waals surface area contributed by atoms with Gasteiger partial charge in [-0.25, -0.2) is 0 Å². The zero-order chi connectivity index (χ0) is 31.6. The molecule has 1 unspecified atom stereocenters. The molecule has 0 saturated heterocycles. The Balaban J connectivity index is 1.37. The van der Waals surface area contributed by atoms with Gasteiger partial charge in [0.2, 0.25) is 5.91 Å². The fourth-order valence-electron chi connectivity index (χ4n) is 4.80. The van der Waals surface area contributed by atoms with Gasteiger partial charge in [0.25, 0.3) is 11.8 Å². The van der Waals surface area contributed by atoms with Crippen LogP contribution in [0, 0.1) is 13.8 Å². The summed E-state index contributed by atoms with van der Waals surface area (Å²) in [4.78, 5) is 40.9. The number of carbonyl (C=O) groups is 3. The van der Waals surface area contributed by atoms with E-state index < -0.39 is 17.1 Å². The molecule has 0 aromatic heterocycles. The van der Waals surface area contributed by atoms with E-state index in [4.69, 9.17) is 0 Å². The Morgan fingerprint density at radius 1 is 0.644 bits per heavy atom. The summed E-state index contributed by atoms with van der Waals surface area (Å²) in [5.74, 6) is -1.02.